The summed E-state index contributed by atoms with van der Waals surface area (Å²) in [5.41, 5.74) is -4.89. The van der Waals surface area contributed by atoms with Crippen LogP contribution in [0.1, 0.15) is 65.0 Å². The molecule has 0 radical (unpaired) electrons. The van der Waals surface area contributed by atoms with Crippen LogP contribution < -0.4 is 10.6 Å². The number of urea groups is 1. The zero-order chi connectivity index (χ0) is 38.1. The molecule has 1 aliphatic heterocycles. The van der Waals surface area contributed by atoms with E-state index in [1.807, 2.05) is 5.32 Å². The summed E-state index contributed by atoms with van der Waals surface area (Å²) >= 11 is 0. The molecule has 284 valence electrons. The zero-order valence-corrected chi connectivity index (χ0v) is 31.2. The van der Waals surface area contributed by atoms with Crippen molar-refractivity contribution >= 4 is 31.2 Å². The van der Waals surface area contributed by atoms with Gasteiger partial charge >= 0.3 is 24.5 Å². The normalized spacial score (nSPS) is 19.1. The number of hydrogen-bond acceptors (Lipinski definition) is 7. The van der Waals surface area contributed by atoms with Gasteiger partial charge in [0.25, 0.3) is 0 Å². The lowest BCUT2D eigenvalue weighted by atomic mass is 10.0. The monoisotopic (exact) mass is 741 g/mol. The van der Waals surface area contributed by atoms with E-state index in [2.05, 4.69) is 29.9 Å². The first kappa shape index (κ1) is 41.3. The lowest BCUT2D eigenvalue weighted by Crippen LogP contribution is -2.53. The number of methoxy groups -OCH3 is 1. The highest BCUT2D eigenvalue weighted by Crippen LogP contribution is 2.38. The molecule has 1 fully saturated rings. The number of hydrogen-bond donors (Lipinski definition) is 2. The van der Waals surface area contributed by atoms with Crippen molar-refractivity contribution in [3.8, 4) is 0 Å². The van der Waals surface area contributed by atoms with Gasteiger partial charge in [0.1, 0.15) is 24.2 Å². The van der Waals surface area contributed by atoms with Gasteiger partial charge in [-0.2, -0.15) is 26.3 Å². The van der Waals surface area contributed by atoms with Gasteiger partial charge in [-0.05, 0) is 65.3 Å². The molecule has 3 atom stereocenters. The molecule has 18 heteroatoms. The fraction of sp³-hybridized carbons (Fsp3) is 0.719. The fourth-order valence-electron chi connectivity index (χ4n) is 5.00. The second-order valence-corrected chi connectivity index (χ2v) is 21.0. The Hall–Kier alpha value is -3.09. The molecule has 2 N–H and O–H groups in total. The summed E-state index contributed by atoms with van der Waals surface area (Å²) in [5.74, 6) is 0.0841. The van der Waals surface area contributed by atoms with Crippen molar-refractivity contribution in [3.63, 3.8) is 0 Å². The third-order valence-electron chi connectivity index (χ3n) is 8.16. The Morgan fingerprint density at radius 3 is 2.24 bits per heavy atom. The number of alkyl halides is 6. The zero-order valence-electron chi connectivity index (χ0n) is 30.2. The highest BCUT2D eigenvalue weighted by atomic mass is 28.3. The van der Waals surface area contributed by atoms with Crippen LogP contribution in [0.4, 0.5) is 35.9 Å². The molecule has 0 bridgehead atoms. The van der Waals surface area contributed by atoms with Crippen molar-refractivity contribution in [1.82, 2.24) is 25.1 Å². The van der Waals surface area contributed by atoms with Crippen LogP contribution in [0.25, 0.3) is 11.0 Å². The predicted molar refractivity (Wildman–Crippen MR) is 176 cm³/mol. The summed E-state index contributed by atoms with van der Waals surface area (Å²) in [6.45, 7) is 12.7. The molecule has 2 aromatic rings. The minimum Gasteiger partial charge on any atom is -0.444 e. The van der Waals surface area contributed by atoms with Crippen LogP contribution in [0, 0.1) is 0 Å². The van der Waals surface area contributed by atoms with E-state index in [4.69, 9.17) is 18.9 Å². The topological polar surface area (TPSA) is 116 Å². The van der Waals surface area contributed by atoms with Gasteiger partial charge in [-0.3, -0.25) is 0 Å². The van der Waals surface area contributed by atoms with E-state index < -0.39 is 74.5 Å². The van der Waals surface area contributed by atoms with Gasteiger partial charge in [-0.15, -0.1) is 0 Å². The smallest absolute Gasteiger partial charge is 0.416 e. The lowest BCUT2D eigenvalue weighted by molar-refractivity contribution is -0.265. The number of nitrogens with zero attached hydrogens (tertiary/aromatic N) is 3. The minimum atomic E-state index is -4.74. The third-order valence-corrected chi connectivity index (χ3v) is 9.86. The van der Waals surface area contributed by atoms with Crippen LogP contribution >= 0.6 is 0 Å². The van der Waals surface area contributed by atoms with Crippen LogP contribution in [0.15, 0.2) is 18.2 Å². The maximum Gasteiger partial charge on any atom is 0.416 e. The van der Waals surface area contributed by atoms with E-state index in [0.29, 0.717) is 23.2 Å². The van der Waals surface area contributed by atoms with Gasteiger partial charge in [0.05, 0.1) is 36.8 Å². The Bertz CT molecular complexity index is 1500. The number of imidazole rings is 1. The molecule has 1 saturated heterocycles. The van der Waals surface area contributed by atoms with Gasteiger partial charge in [0, 0.05) is 21.8 Å². The number of amides is 3. The van der Waals surface area contributed by atoms with Gasteiger partial charge in [-0.25, -0.2) is 14.6 Å². The van der Waals surface area contributed by atoms with E-state index in [9.17, 15) is 35.9 Å². The molecule has 1 aromatic heterocycles. The molecule has 1 unspecified atom stereocenters. The van der Waals surface area contributed by atoms with Crippen molar-refractivity contribution in [2.45, 2.75) is 115 Å². The minimum absolute atomic E-state index is 0.0841. The SMILES string of the molecule is COCC(c1ccc2nc([C@H](COC(C)(C)C(F)(F)F)NC(=O)OC(C)(C)C)n(COCC[Si](C)(C)C)c2c1)N1C[C@@](C)(C(F)(F)F)NC1=O. The van der Waals surface area contributed by atoms with E-state index in [-0.39, 0.29) is 19.2 Å². The van der Waals surface area contributed by atoms with Crippen molar-refractivity contribution < 1.29 is 54.9 Å². The van der Waals surface area contributed by atoms with Crippen molar-refractivity contribution in [1.29, 1.82) is 0 Å². The number of nitrogens with one attached hydrogen (secondary N) is 2. The molecular formula is C32H49F6N5O6Si. The first-order chi connectivity index (χ1) is 22.7. The molecule has 2 heterocycles. The number of alkyl carbamates (subject to hydrolysis) is 1. The van der Waals surface area contributed by atoms with Crippen LogP contribution in [0.3, 0.4) is 0 Å². The number of rotatable bonds is 14. The number of ether oxygens (including phenoxy) is 4. The number of carbonyl (C=O) groups excluding carboxylic acids is 2. The molecule has 50 heavy (non-hydrogen) atoms. The lowest BCUT2D eigenvalue weighted by Gasteiger charge is -2.31. The van der Waals surface area contributed by atoms with Crippen LogP contribution in [-0.2, 0) is 25.7 Å². The number of aromatic nitrogens is 2. The Kier molecular flexibility index (Phi) is 12.3. The maximum absolute atomic E-state index is 13.9. The standard InChI is InChI=1S/C32H49F6N5O6Si/c1-28(2,3)49-27(45)40-22(16-48-29(4,5)31(33,34)35)25-39-21-12-11-20(15-23(21)43(25)19-47-13-14-50(8,9)10)24(17-46-7)42-18-30(6,32(36,37)38)41-26(42)44/h11-12,15,22,24H,13-14,16-19H2,1-10H3,(H,40,45)(H,41,44)/t22-,24?,30-/m0/s1. The van der Waals surface area contributed by atoms with Crippen LogP contribution in [0.2, 0.25) is 25.7 Å². The second-order valence-electron chi connectivity index (χ2n) is 15.4. The van der Waals surface area contributed by atoms with E-state index in [1.54, 1.807) is 43.5 Å². The van der Waals surface area contributed by atoms with E-state index >= 15 is 0 Å². The van der Waals surface area contributed by atoms with E-state index in [1.165, 1.54) is 7.11 Å². The van der Waals surface area contributed by atoms with Gasteiger partial charge in [0.15, 0.2) is 11.1 Å². The molecule has 11 nitrogen and oxygen atoms in total. The van der Waals surface area contributed by atoms with Gasteiger partial charge in [0.2, 0.25) is 0 Å². The highest BCUT2D eigenvalue weighted by Gasteiger charge is 2.58. The molecule has 1 aromatic carbocycles. The summed E-state index contributed by atoms with van der Waals surface area (Å²) in [7, 11) is -0.178. The first-order valence-electron chi connectivity index (χ1n) is 16.1. The Labute approximate surface area is 289 Å². The Morgan fingerprint density at radius 2 is 1.72 bits per heavy atom. The molecule has 0 aliphatic carbocycles. The van der Waals surface area contributed by atoms with Crippen molar-refractivity contribution in [3.05, 3.63) is 29.6 Å². The molecule has 3 rings (SSSR count). The summed E-state index contributed by atoms with van der Waals surface area (Å²) in [6.07, 6.45) is -10.4. The second kappa shape index (κ2) is 14.9. The molecule has 0 spiro atoms. The Morgan fingerprint density at radius 1 is 1.08 bits per heavy atom. The number of benzene rings is 1. The van der Waals surface area contributed by atoms with Crippen LogP contribution in [0.5, 0.6) is 0 Å². The number of halogens is 6. The van der Waals surface area contributed by atoms with Crippen LogP contribution in [-0.4, -0.2) is 97.2 Å². The van der Waals surface area contributed by atoms with Gasteiger partial charge in [-0.1, -0.05) is 25.7 Å². The predicted octanol–water partition coefficient (Wildman–Crippen LogP) is 7.31. The molecular weight excluding hydrogens is 692 g/mol. The number of fused-ring (bicyclic) bond motifs is 1. The average Bonchev–Trinajstić information content (AvgIpc) is 3.46. The maximum atomic E-state index is 13.9. The largest absolute Gasteiger partial charge is 0.444 e. The molecule has 3 amide bonds. The van der Waals surface area contributed by atoms with Crippen molar-refractivity contribution in [2.75, 3.05) is 33.5 Å². The first-order valence-corrected chi connectivity index (χ1v) is 19.8. The Balaban J connectivity index is 2.15. The summed E-state index contributed by atoms with van der Waals surface area (Å²) in [5, 5.41) is 4.63. The number of carbonyl (C=O) groups is 2. The quantitative estimate of drug-likeness (QED) is 0.119. The average molecular weight is 742 g/mol. The van der Waals surface area contributed by atoms with Gasteiger partial charge < -0.3 is 39.0 Å². The summed E-state index contributed by atoms with van der Waals surface area (Å²) in [6, 6.07) is 2.39. The third kappa shape index (κ3) is 10.2. The summed E-state index contributed by atoms with van der Waals surface area (Å²) < 4.78 is 107. The molecule has 1 aliphatic rings. The highest BCUT2D eigenvalue weighted by molar-refractivity contribution is 6.76. The van der Waals surface area contributed by atoms with E-state index in [0.717, 1.165) is 31.7 Å². The summed E-state index contributed by atoms with van der Waals surface area (Å²) in [4.78, 5) is 31.6. The van der Waals surface area contributed by atoms with Crippen molar-refractivity contribution in [2.24, 2.45) is 0 Å². The molecule has 0 saturated carbocycles. The fourth-order valence-corrected chi connectivity index (χ4v) is 5.76.